The highest BCUT2D eigenvalue weighted by molar-refractivity contribution is 6.35. The van der Waals surface area contributed by atoms with Crippen LogP contribution in [0.2, 0.25) is 0 Å². The smallest absolute Gasteiger partial charge is 0.410 e. The Morgan fingerprint density at radius 3 is 2.38 bits per heavy atom. The molecule has 0 bridgehead atoms. The summed E-state index contributed by atoms with van der Waals surface area (Å²) in [6.07, 6.45) is 1.04. The summed E-state index contributed by atoms with van der Waals surface area (Å²) in [6, 6.07) is 0.0298. The first-order valence-electron chi connectivity index (χ1n) is 7.34. The van der Waals surface area contributed by atoms with Crippen LogP contribution in [0, 0.1) is 0 Å². The number of carbonyl (C=O) groups is 3. The second-order valence-corrected chi connectivity index (χ2v) is 6.45. The normalized spacial score (nSPS) is 21.3. The fourth-order valence-electron chi connectivity index (χ4n) is 2.63. The molecule has 2 aliphatic heterocycles. The molecule has 2 saturated heterocycles. The number of hydrogen-bond donors (Lipinski definition) is 1. The van der Waals surface area contributed by atoms with E-state index in [4.69, 9.17) is 4.74 Å². The zero-order chi connectivity index (χ0) is 15.6. The number of nitrogens with one attached hydrogen (secondary N) is 1. The van der Waals surface area contributed by atoms with Gasteiger partial charge in [0, 0.05) is 32.2 Å². The molecular formula is C14H23N3O4. The Kier molecular flexibility index (Phi) is 4.39. The van der Waals surface area contributed by atoms with Crippen molar-refractivity contribution >= 4 is 17.9 Å². The topological polar surface area (TPSA) is 79.0 Å². The Bertz CT molecular complexity index is 436. The van der Waals surface area contributed by atoms with Gasteiger partial charge >= 0.3 is 17.9 Å². The molecule has 0 atom stereocenters. The van der Waals surface area contributed by atoms with E-state index < -0.39 is 17.4 Å². The van der Waals surface area contributed by atoms with E-state index in [1.807, 2.05) is 20.8 Å². The Labute approximate surface area is 124 Å². The van der Waals surface area contributed by atoms with Crippen LogP contribution in [0.5, 0.6) is 0 Å². The van der Waals surface area contributed by atoms with Crippen molar-refractivity contribution in [2.75, 3.05) is 26.2 Å². The summed E-state index contributed by atoms with van der Waals surface area (Å²) in [4.78, 5) is 38.5. The number of piperidine rings is 1. The lowest BCUT2D eigenvalue weighted by molar-refractivity contribution is -0.150. The molecule has 0 radical (unpaired) electrons. The van der Waals surface area contributed by atoms with Crippen LogP contribution in [0.1, 0.15) is 33.6 Å². The molecule has 0 unspecified atom stereocenters. The van der Waals surface area contributed by atoms with Gasteiger partial charge in [0.15, 0.2) is 0 Å². The molecule has 2 heterocycles. The zero-order valence-corrected chi connectivity index (χ0v) is 12.8. The third-order valence-electron chi connectivity index (χ3n) is 3.65. The molecule has 7 heteroatoms. The van der Waals surface area contributed by atoms with Gasteiger partial charge in [-0.3, -0.25) is 9.59 Å². The third kappa shape index (κ3) is 3.86. The summed E-state index contributed by atoms with van der Waals surface area (Å²) in [5.41, 5.74) is -0.505. The van der Waals surface area contributed by atoms with Gasteiger partial charge in [0.25, 0.3) is 0 Å². The minimum absolute atomic E-state index is 0.0298. The van der Waals surface area contributed by atoms with E-state index in [2.05, 4.69) is 5.32 Å². The molecule has 2 rings (SSSR count). The third-order valence-corrected chi connectivity index (χ3v) is 3.65. The van der Waals surface area contributed by atoms with Crippen molar-refractivity contribution in [1.29, 1.82) is 0 Å². The molecule has 0 aliphatic carbocycles. The first kappa shape index (κ1) is 15.6. The van der Waals surface area contributed by atoms with E-state index in [1.165, 1.54) is 0 Å². The Morgan fingerprint density at radius 1 is 1.19 bits per heavy atom. The number of amides is 3. The predicted molar refractivity (Wildman–Crippen MR) is 75.6 cm³/mol. The van der Waals surface area contributed by atoms with Crippen LogP contribution in [0.25, 0.3) is 0 Å². The largest absolute Gasteiger partial charge is 0.444 e. The van der Waals surface area contributed by atoms with Crippen LogP contribution in [0.3, 0.4) is 0 Å². The van der Waals surface area contributed by atoms with Crippen molar-refractivity contribution < 1.29 is 19.1 Å². The Morgan fingerprint density at radius 2 is 1.81 bits per heavy atom. The lowest BCUT2D eigenvalue weighted by Gasteiger charge is -2.39. The summed E-state index contributed by atoms with van der Waals surface area (Å²) in [6.45, 7) is 7.64. The van der Waals surface area contributed by atoms with Crippen molar-refractivity contribution in [1.82, 2.24) is 15.1 Å². The number of likely N-dealkylation sites (tertiary alicyclic amines) is 1. The summed E-state index contributed by atoms with van der Waals surface area (Å²) in [5, 5.41) is 2.54. The number of carbonyl (C=O) groups excluding carboxylic acids is 3. The van der Waals surface area contributed by atoms with Crippen LogP contribution in [0.4, 0.5) is 4.79 Å². The first-order valence-corrected chi connectivity index (χ1v) is 7.34. The van der Waals surface area contributed by atoms with Crippen molar-refractivity contribution in [2.24, 2.45) is 0 Å². The minimum Gasteiger partial charge on any atom is -0.444 e. The highest BCUT2D eigenvalue weighted by atomic mass is 16.6. The maximum Gasteiger partial charge on any atom is 0.410 e. The minimum atomic E-state index is -0.532. The molecule has 2 aliphatic rings. The van der Waals surface area contributed by atoms with Gasteiger partial charge in [0.05, 0.1) is 0 Å². The fourth-order valence-corrected chi connectivity index (χ4v) is 2.63. The standard InChI is InChI=1S/C14H23N3O4/c1-14(2,3)21-13(20)16-7-4-10(5-8-16)17-9-6-15-11(18)12(17)19/h10H,4-9H2,1-3H3,(H,15,18). The fraction of sp³-hybridized carbons (Fsp3) is 0.786. The lowest BCUT2D eigenvalue weighted by Crippen LogP contribution is -2.58. The molecule has 118 valence electrons. The Hall–Kier alpha value is -1.79. The van der Waals surface area contributed by atoms with Gasteiger partial charge in [0.2, 0.25) is 0 Å². The first-order chi connectivity index (χ1) is 9.78. The maximum atomic E-state index is 12.0. The molecule has 0 saturated carbocycles. The van der Waals surface area contributed by atoms with E-state index in [1.54, 1.807) is 9.80 Å². The molecule has 0 aromatic heterocycles. The molecule has 0 aromatic carbocycles. The molecule has 3 amide bonds. The summed E-state index contributed by atoms with van der Waals surface area (Å²) < 4.78 is 5.34. The number of ether oxygens (including phenoxy) is 1. The second-order valence-electron chi connectivity index (χ2n) is 6.45. The predicted octanol–water partition coefficient (Wildman–Crippen LogP) is 0.344. The summed E-state index contributed by atoms with van der Waals surface area (Å²) in [5.74, 6) is -0.993. The van der Waals surface area contributed by atoms with Crippen molar-refractivity contribution in [3.05, 3.63) is 0 Å². The van der Waals surface area contributed by atoms with Crippen molar-refractivity contribution in [3.8, 4) is 0 Å². The molecule has 1 N–H and O–H groups in total. The molecule has 0 aromatic rings. The van der Waals surface area contributed by atoms with E-state index in [-0.39, 0.29) is 12.1 Å². The van der Waals surface area contributed by atoms with Crippen molar-refractivity contribution in [3.63, 3.8) is 0 Å². The van der Waals surface area contributed by atoms with Gasteiger partial charge in [-0.1, -0.05) is 0 Å². The zero-order valence-electron chi connectivity index (χ0n) is 12.8. The Balaban J connectivity index is 1.87. The van der Waals surface area contributed by atoms with Crippen LogP contribution < -0.4 is 5.32 Å². The van der Waals surface area contributed by atoms with Gasteiger partial charge in [-0.15, -0.1) is 0 Å². The van der Waals surface area contributed by atoms with Gasteiger partial charge in [-0.25, -0.2) is 4.79 Å². The van der Waals surface area contributed by atoms with E-state index in [0.717, 1.165) is 0 Å². The average molecular weight is 297 g/mol. The quantitative estimate of drug-likeness (QED) is 0.708. The van der Waals surface area contributed by atoms with Crippen LogP contribution in [-0.2, 0) is 14.3 Å². The van der Waals surface area contributed by atoms with Crippen molar-refractivity contribution in [2.45, 2.75) is 45.3 Å². The number of rotatable bonds is 1. The van der Waals surface area contributed by atoms with E-state index in [9.17, 15) is 14.4 Å². The molecule has 2 fully saturated rings. The van der Waals surface area contributed by atoms with Gasteiger partial charge in [0.1, 0.15) is 5.60 Å². The number of hydrogen-bond acceptors (Lipinski definition) is 4. The van der Waals surface area contributed by atoms with Crippen LogP contribution >= 0.6 is 0 Å². The van der Waals surface area contributed by atoms with E-state index >= 15 is 0 Å². The molecular weight excluding hydrogens is 274 g/mol. The SMILES string of the molecule is CC(C)(C)OC(=O)N1CCC(N2CCNC(=O)C2=O)CC1. The summed E-state index contributed by atoms with van der Waals surface area (Å²) in [7, 11) is 0. The highest BCUT2D eigenvalue weighted by Crippen LogP contribution is 2.20. The number of piperazine rings is 1. The molecule has 0 spiro atoms. The van der Waals surface area contributed by atoms with Gasteiger partial charge < -0.3 is 19.9 Å². The second kappa shape index (κ2) is 5.91. The van der Waals surface area contributed by atoms with Gasteiger partial charge in [-0.2, -0.15) is 0 Å². The lowest BCUT2D eigenvalue weighted by atomic mass is 10.0. The highest BCUT2D eigenvalue weighted by Gasteiger charge is 2.35. The van der Waals surface area contributed by atoms with Crippen LogP contribution in [-0.4, -0.2) is 65.5 Å². The maximum absolute atomic E-state index is 12.0. The summed E-state index contributed by atoms with van der Waals surface area (Å²) >= 11 is 0. The average Bonchev–Trinajstić information content (AvgIpc) is 2.40. The monoisotopic (exact) mass is 297 g/mol. The van der Waals surface area contributed by atoms with E-state index in [0.29, 0.717) is 39.0 Å². The van der Waals surface area contributed by atoms with Gasteiger partial charge in [-0.05, 0) is 33.6 Å². The number of nitrogens with zero attached hydrogens (tertiary/aromatic N) is 2. The van der Waals surface area contributed by atoms with Crippen LogP contribution in [0.15, 0.2) is 0 Å². The molecule has 21 heavy (non-hydrogen) atoms. The molecule has 7 nitrogen and oxygen atoms in total.